The highest BCUT2D eigenvalue weighted by Gasteiger charge is 2.10. The molecule has 0 saturated carbocycles. The summed E-state index contributed by atoms with van der Waals surface area (Å²) in [6, 6.07) is 19.3. The van der Waals surface area contributed by atoms with Crippen molar-refractivity contribution >= 4 is 11.8 Å². The molecule has 1 atom stereocenters. The maximum absolute atomic E-state index is 5.68. The minimum atomic E-state index is 0.201. The van der Waals surface area contributed by atoms with Crippen LogP contribution in [0.2, 0.25) is 0 Å². The van der Waals surface area contributed by atoms with E-state index in [1.54, 1.807) is 0 Å². The normalized spacial score (nSPS) is 12.6. The van der Waals surface area contributed by atoms with Gasteiger partial charge in [-0.1, -0.05) is 68.4 Å². The summed E-state index contributed by atoms with van der Waals surface area (Å²) in [7, 11) is 0. The SMILES string of the molecule is CC(C)SCC(NN)c1ccc(-c2ccccc2)cc1. The number of rotatable bonds is 6. The molecular formula is C17H22N2S. The number of nitrogens with one attached hydrogen (secondary N) is 1. The van der Waals surface area contributed by atoms with Crippen LogP contribution in [0.5, 0.6) is 0 Å². The molecule has 1 unspecified atom stereocenters. The van der Waals surface area contributed by atoms with Crippen LogP contribution in [0.25, 0.3) is 11.1 Å². The fraction of sp³-hybridized carbons (Fsp3) is 0.294. The first-order valence-electron chi connectivity index (χ1n) is 6.94. The lowest BCUT2D eigenvalue weighted by atomic mass is 10.0. The summed E-state index contributed by atoms with van der Waals surface area (Å²) in [6.45, 7) is 4.41. The van der Waals surface area contributed by atoms with Crippen molar-refractivity contribution in [1.82, 2.24) is 5.43 Å². The van der Waals surface area contributed by atoms with E-state index < -0.39 is 0 Å². The van der Waals surface area contributed by atoms with Crippen molar-refractivity contribution in [2.45, 2.75) is 25.1 Å². The Morgan fingerprint density at radius 1 is 0.950 bits per heavy atom. The maximum atomic E-state index is 5.68. The van der Waals surface area contributed by atoms with Crippen LogP contribution in [0.4, 0.5) is 0 Å². The van der Waals surface area contributed by atoms with E-state index in [-0.39, 0.29) is 6.04 Å². The fourth-order valence-electron chi connectivity index (χ4n) is 2.07. The van der Waals surface area contributed by atoms with Crippen molar-refractivity contribution in [1.29, 1.82) is 0 Å². The van der Waals surface area contributed by atoms with Crippen LogP contribution in [0.15, 0.2) is 54.6 Å². The average Bonchev–Trinajstić information content (AvgIpc) is 2.49. The highest BCUT2D eigenvalue weighted by molar-refractivity contribution is 7.99. The molecule has 2 nitrogen and oxygen atoms in total. The van der Waals surface area contributed by atoms with Gasteiger partial charge in [0.2, 0.25) is 0 Å². The molecule has 106 valence electrons. The van der Waals surface area contributed by atoms with Gasteiger partial charge in [0.1, 0.15) is 0 Å². The molecule has 0 aliphatic heterocycles. The molecule has 3 N–H and O–H groups in total. The zero-order valence-electron chi connectivity index (χ0n) is 12.0. The third kappa shape index (κ3) is 4.10. The van der Waals surface area contributed by atoms with E-state index in [0.717, 1.165) is 5.75 Å². The van der Waals surface area contributed by atoms with Gasteiger partial charge in [0.25, 0.3) is 0 Å². The molecule has 0 saturated heterocycles. The van der Waals surface area contributed by atoms with Crippen LogP contribution in [0, 0.1) is 0 Å². The first-order chi connectivity index (χ1) is 9.70. The van der Waals surface area contributed by atoms with Crippen molar-refractivity contribution < 1.29 is 0 Å². The zero-order chi connectivity index (χ0) is 14.4. The van der Waals surface area contributed by atoms with Crippen LogP contribution >= 0.6 is 11.8 Å². The van der Waals surface area contributed by atoms with Gasteiger partial charge < -0.3 is 0 Å². The third-order valence-electron chi connectivity index (χ3n) is 3.22. The van der Waals surface area contributed by atoms with Gasteiger partial charge in [-0.15, -0.1) is 0 Å². The number of benzene rings is 2. The van der Waals surface area contributed by atoms with Gasteiger partial charge in [-0.2, -0.15) is 11.8 Å². The Balaban J connectivity index is 2.10. The van der Waals surface area contributed by atoms with Crippen molar-refractivity contribution in [3.8, 4) is 11.1 Å². The van der Waals surface area contributed by atoms with Crippen molar-refractivity contribution in [3.63, 3.8) is 0 Å². The van der Waals surface area contributed by atoms with Crippen molar-refractivity contribution in [2.24, 2.45) is 5.84 Å². The molecular weight excluding hydrogens is 264 g/mol. The second-order valence-electron chi connectivity index (χ2n) is 5.09. The lowest BCUT2D eigenvalue weighted by Gasteiger charge is -2.17. The van der Waals surface area contributed by atoms with Gasteiger partial charge in [0.05, 0.1) is 6.04 Å². The molecule has 0 fully saturated rings. The fourth-order valence-corrected chi connectivity index (χ4v) is 2.93. The summed E-state index contributed by atoms with van der Waals surface area (Å²) in [5.41, 5.74) is 6.63. The summed E-state index contributed by atoms with van der Waals surface area (Å²) in [5.74, 6) is 6.66. The number of hydrazine groups is 1. The summed E-state index contributed by atoms with van der Waals surface area (Å²) >= 11 is 1.92. The van der Waals surface area contributed by atoms with E-state index in [0.29, 0.717) is 5.25 Å². The van der Waals surface area contributed by atoms with E-state index in [4.69, 9.17) is 5.84 Å². The third-order valence-corrected chi connectivity index (χ3v) is 4.41. The average molecular weight is 286 g/mol. The molecule has 0 spiro atoms. The van der Waals surface area contributed by atoms with Gasteiger partial charge in [-0.3, -0.25) is 11.3 Å². The number of hydrogen-bond acceptors (Lipinski definition) is 3. The summed E-state index contributed by atoms with van der Waals surface area (Å²) in [4.78, 5) is 0. The van der Waals surface area contributed by atoms with Gasteiger partial charge in [0, 0.05) is 5.75 Å². The second-order valence-corrected chi connectivity index (χ2v) is 6.70. The summed E-state index contributed by atoms with van der Waals surface area (Å²) in [5, 5.41) is 0.620. The number of hydrogen-bond donors (Lipinski definition) is 2. The predicted molar refractivity (Wildman–Crippen MR) is 89.5 cm³/mol. The maximum Gasteiger partial charge on any atom is 0.0550 e. The molecule has 0 aromatic heterocycles. The van der Waals surface area contributed by atoms with Gasteiger partial charge in [-0.05, 0) is 21.9 Å². The van der Waals surface area contributed by atoms with E-state index in [1.807, 2.05) is 17.8 Å². The van der Waals surface area contributed by atoms with Gasteiger partial charge in [0.15, 0.2) is 0 Å². The Bertz CT molecular complexity index is 508. The molecule has 2 aromatic carbocycles. The smallest absolute Gasteiger partial charge is 0.0550 e. The molecule has 0 amide bonds. The lowest BCUT2D eigenvalue weighted by Crippen LogP contribution is -2.30. The molecule has 0 bridgehead atoms. The van der Waals surface area contributed by atoms with Gasteiger partial charge >= 0.3 is 0 Å². The summed E-state index contributed by atoms with van der Waals surface area (Å²) < 4.78 is 0. The van der Waals surface area contributed by atoms with Crippen LogP contribution in [0.3, 0.4) is 0 Å². The Morgan fingerprint density at radius 2 is 1.55 bits per heavy atom. The first-order valence-corrected chi connectivity index (χ1v) is 7.98. The van der Waals surface area contributed by atoms with E-state index in [1.165, 1.54) is 16.7 Å². The number of nitrogens with two attached hydrogens (primary N) is 1. The van der Waals surface area contributed by atoms with Crippen LogP contribution in [0.1, 0.15) is 25.5 Å². The van der Waals surface area contributed by atoms with Gasteiger partial charge in [-0.25, -0.2) is 0 Å². The molecule has 20 heavy (non-hydrogen) atoms. The van der Waals surface area contributed by atoms with Crippen LogP contribution in [-0.2, 0) is 0 Å². The van der Waals surface area contributed by atoms with E-state index in [2.05, 4.69) is 67.8 Å². The van der Waals surface area contributed by atoms with E-state index in [9.17, 15) is 0 Å². The van der Waals surface area contributed by atoms with E-state index >= 15 is 0 Å². The largest absolute Gasteiger partial charge is 0.271 e. The monoisotopic (exact) mass is 286 g/mol. The topological polar surface area (TPSA) is 38.0 Å². The van der Waals surface area contributed by atoms with Crippen LogP contribution < -0.4 is 11.3 Å². The molecule has 3 heteroatoms. The quantitative estimate of drug-likeness (QED) is 0.622. The molecule has 2 aromatic rings. The first kappa shape index (κ1) is 15.1. The van der Waals surface area contributed by atoms with Crippen LogP contribution in [-0.4, -0.2) is 11.0 Å². The Hall–Kier alpha value is -1.29. The lowest BCUT2D eigenvalue weighted by molar-refractivity contribution is 0.610. The van der Waals surface area contributed by atoms with Crippen molar-refractivity contribution in [3.05, 3.63) is 60.2 Å². The highest BCUT2D eigenvalue weighted by Crippen LogP contribution is 2.24. The molecule has 0 aliphatic rings. The minimum Gasteiger partial charge on any atom is -0.271 e. The molecule has 0 radical (unpaired) electrons. The minimum absolute atomic E-state index is 0.201. The summed E-state index contributed by atoms with van der Waals surface area (Å²) in [6.07, 6.45) is 0. The zero-order valence-corrected chi connectivity index (χ0v) is 12.9. The molecule has 0 heterocycles. The van der Waals surface area contributed by atoms with Crippen molar-refractivity contribution in [2.75, 3.05) is 5.75 Å². The molecule has 2 rings (SSSR count). The Kier molecular flexibility index (Phi) is 5.65. The second kappa shape index (κ2) is 7.48. The molecule has 0 aliphatic carbocycles. The Morgan fingerprint density at radius 3 is 2.10 bits per heavy atom. The Labute approximate surface area is 125 Å². The highest BCUT2D eigenvalue weighted by atomic mass is 32.2. The number of thioether (sulfide) groups is 1. The predicted octanol–water partition coefficient (Wildman–Crippen LogP) is 4.00. The standard InChI is InChI=1S/C17H22N2S/c1-13(2)20-12-17(19-18)16-10-8-15(9-11-16)14-6-4-3-5-7-14/h3-11,13,17,19H,12,18H2,1-2H3.